The Kier molecular flexibility index (Phi) is 2.83. The Morgan fingerprint density at radius 3 is 2.87 bits per heavy atom. The van der Waals surface area contributed by atoms with Crippen LogP contribution in [0.2, 0.25) is 0 Å². The molecule has 0 aromatic heterocycles. The lowest BCUT2D eigenvalue weighted by Crippen LogP contribution is -2.19. The van der Waals surface area contributed by atoms with Crippen molar-refractivity contribution in [2.24, 2.45) is 0 Å². The van der Waals surface area contributed by atoms with Crippen LogP contribution in [0.3, 0.4) is 0 Å². The first-order chi connectivity index (χ1) is 7.13. The highest BCUT2D eigenvalue weighted by Gasteiger charge is 2.32. The molecule has 1 aromatic rings. The van der Waals surface area contributed by atoms with Crippen LogP contribution in [0.15, 0.2) is 16.6 Å². The third kappa shape index (κ3) is 1.81. The van der Waals surface area contributed by atoms with Crippen LogP contribution in [0.1, 0.15) is 35.7 Å². The zero-order valence-electron chi connectivity index (χ0n) is 8.84. The second-order valence-electron chi connectivity index (χ2n) is 3.86. The summed E-state index contributed by atoms with van der Waals surface area (Å²) in [6, 6.07) is 3.82. The monoisotopic (exact) mass is 268 g/mol. The summed E-state index contributed by atoms with van der Waals surface area (Å²) < 4.78 is 6.61. The first-order valence-corrected chi connectivity index (χ1v) is 5.93. The number of halogens is 1. The Hall–Kier alpha value is -0.830. The lowest BCUT2D eigenvalue weighted by atomic mass is 10.0. The van der Waals surface area contributed by atoms with Crippen molar-refractivity contribution in [3.8, 4) is 5.75 Å². The Bertz CT molecular complexity index is 412. The number of Topliss-reactive ketones (excluding diaryl/α,β-unsaturated/α-hetero) is 1. The minimum absolute atomic E-state index is 0.122. The number of carbonyl (C=O) groups excluding carboxylic acids is 1. The number of benzene rings is 1. The molecule has 0 saturated carbocycles. The number of hydrogen-bond donors (Lipinski definition) is 0. The number of carbonyl (C=O) groups is 1. The van der Waals surface area contributed by atoms with Gasteiger partial charge in [0, 0.05) is 4.47 Å². The van der Waals surface area contributed by atoms with E-state index in [1.165, 1.54) is 0 Å². The van der Waals surface area contributed by atoms with E-state index >= 15 is 0 Å². The SMILES string of the molecule is CCCC1Oc2c(C)cc(Br)cc2C1=O. The van der Waals surface area contributed by atoms with E-state index < -0.39 is 0 Å². The zero-order chi connectivity index (χ0) is 11.0. The van der Waals surface area contributed by atoms with Gasteiger partial charge in [-0.1, -0.05) is 29.3 Å². The van der Waals surface area contributed by atoms with Crippen LogP contribution in [-0.4, -0.2) is 11.9 Å². The van der Waals surface area contributed by atoms with E-state index in [0.29, 0.717) is 0 Å². The van der Waals surface area contributed by atoms with Crippen molar-refractivity contribution >= 4 is 21.7 Å². The summed E-state index contributed by atoms with van der Waals surface area (Å²) in [4.78, 5) is 11.9. The molecule has 1 aliphatic heterocycles. The van der Waals surface area contributed by atoms with Gasteiger partial charge in [-0.2, -0.15) is 0 Å². The van der Waals surface area contributed by atoms with Gasteiger partial charge in [-0.25, -0.2) is 0 Å². The summed E-state index contributed by atoms with van der Waals surface area (Å²) >= 11 is 3.39. The fourth-order valence-corrected chi connectivity index (χ4v) is 2.46. The molecule has 1 unspecified atom stereocenters. The van der Waals surface area contributed by atoms with E-state index in [1.807, 2.05) is 19.1 Å². The fraction of sp³-hybridized carbons (Fsp3) is 0.417. The van der Waals surface area contributed by atoms with E-state index in [2.05, 4.69) is 22.9 Å². The summed E-state index contributed by atoms with van der Waals surface area (Å²) in [5.41, 5.74) is 1.74. The van der Waals surface area contributed by atoms with Crippen LogP contribution < -0.4 is 4.74 Å². The van der Waals surface area contributed by atoms with Crippen molar-refractivity contribution < 1.29 is 9.53 Å². The largest absolute Gasteiger partial charge is 0.481 e. The molecule has 1 atom stereocenters. The van der Waals surface area contributed by atoms with Crippen LogP contribution in [0, 0.1) is 6.92 Å². The van der Waals surface area contributed by atoms with Gasteiger partial charge in [0.05, 0.1) is 5.56 Å². The average molecular weight is 269 g/mol. The van der Waals surface area contributed by atoms with E-state index in [9.17, 15) is 4.79 Å². The second kappa shape index (κ2) is 3.97. The fourth-order valence-electron chi connectivity index (χ4n) is 1.89. The van der Waals surface area contributed by atoms with Crippen LogP contribution in [0.5, 0.6) is 5.75 Å². The predicted molar refractivity (Wildman–Crippen MR) is 62.5 cm³/mol. The molecule has 80 valence electrons. The van der Waals surface area contributed by atoms with E-state index in [-0.39, 0.29) is 11.9 Å². The summed E-state index contributed by atoms with van der Waals surface area (Å²) in [5, 5.41) is 0. The maximum atomic E-state index is 11.9. The van der Waals surface area contributed by atoms with E-state index in [0.717, 1.165) is 34.2 Å². The summed E-state index contributed by atoms with van der Waals surface area (Å²) in [7, 11) is 0. The Balaban J connectivity index is 2.41. The molecule has 0 saturated heterocycles. The van der Waals surface area contributed by atoms with Gasteiger partial charge in [0.25, 0.3) is 0 Å². The third-order valence-electron chi connectivity index (χ3n) is 2.61. The Morgan fingerprint density at radius 2 is 2.20 bits per heavy atom. The molecule has 0 amide bonds. The van der Waals surface area contributed by atoms with Gasteiger partial charge in [0.1, 0.15) is 5.75 Å². The van der Waals surface area contributed by atoms with Crippen molar-refractivity contribution in [1.29, 1.82) is 0 Å². The molecule has 0 N–H and O–H groups in total. The molecule has 0 aliphatic carbocycles. The molecule has 0 bridgehead atoms. The molecule has 2 rings (SSSR count). The molecule has 0 radical (unpaired) electrons. The quantitative estimate of drug-likeness (QED) is 0.821. The molecule has 0 spiro atoms. The zero-order valence-corrected chi connectivity index (χ0v) is 10.4. The first-order valence-electron chi connectivity index (χ1n) is 5.14. The number of rotatable bonds is 2. The topological polar surface area (TPSA) is 26.3 Å². The Labute approximate surface area is 97.8 Å². The molecule has 1 aliphatic rings. The third-order valence-corrected chi connectivity index (χ3v) is 3.07. The molecule has 0 fully saturated rings. The minimum Gasteiger partial charge on any atom is -0.481 e. The van der Waals surface area contributed by atoms with Crippen LogP contribution in [-0.2, 0) is 0 Å². The molecular formula is C12H13BrO2. The molecule has 1 aromatic carbocycles. The highest BCUT2D eigenvalue weighted by atomic mass is 79.9. The lowest BCUT2D eigenvalue weighted by Gasteiger charge is -2.08. The van der Waals surface area contributed by atoms with Crippen LogP contribution >= 0.6 is 15.9 Å². The van der Waals surface area contributed by atoms with Crippen molar-refractivity contribution in [1.82, 2.24) is 0 Å². The van der Waals surface area contributed by atoms with Gasteiger partial charge in [0.15, 0.2) is 6.10 Å². The van der Waals surface area contributed by atoms with Gasteiger partial charge in [-0.3, -0.25) is 4.79 Å². The van der Waals surface area contributed by atoms with Crippen LogP contribution in [0.25, 0.3) is 0 Å². The van der Waals surface area contributed by atoms with Gasteiger partial charge in [-0.15, -0.1) is 0 Å². The maximum absolute atomic E-state index is 11.9. The van der Waals surface area contributed by atoms with Crippen molar-refractivity contribution in [2.75, 3.05) is 0 Å². The first kappa shape index (κ1) is 10.7. The summed E-state index contributed by atoms with van der Waals surface area (Å²) in [6.07, 6.45) is 1.49. The summed E-state index contributed by atoms with van der Waals surface area (Å²) in [6.45, 7) is 4.02. The number of hydrogen-bond acceptors (Lipinski definition) is 2. The maximum Gasteiger partial charge on any atom is 0.207 e. The molecule has 1 heterocycles. The van der Waals surface area contributed by atoms with Gasteiger partial charge >= 0.3 is 0 Å². The standard InChI is InChI=1S/C12H13BrO2/c1-3-4-10-11(14)9-6-8(13)5-7(2)12(9)15-10/h5-6,10H,3-4H2,1-2H3. The second-order valence-corrected chi connectivity index (χ2v) is 4.77. The molecule has 2 nitrogen and oxygen atoms in total. The summed E-state index contributed by atoms with van der Waals surface area (Å²) in [5.74, 6) is 0.887. The van der Waals surface area contributed by atoms with E-state index in [4.69, 9.17) is 4.74 Å². The molecule has 3 heteroatoms. The van der Waals surface area contributed by atoms with Crippen LogP contribution in [0.4, 0.5) is 0 Å². The predicted octanol–water partition coefficient (Wildman–Crippen LogP) is 3.50. The number of fused-ring (bicyclic) bond motifs is 1. The molecule has 15 heavy (non-hydrogen) atoms. The number of aryl methyl sites for hydroxylation is 1. The van der Waals surface area contributed by atoms with Gasteiger partial charge in [-0.05, 0) is 31.0 Å². The van der Waals surface area contributed by atoms with Gasteiger partial charge in [0.2, 0.25) is 5.78 Å². The van der Waals surface area contributed by atoms with Crippen molar-refractivity contribution in [3.63, 3.8) is 0 Å². The normalized spacial score (nSPS) is 18.9. The minimum atomic E-state index is -0.266. The van der Waals surface area contributed by atoms with Gasteiger partial charge < -0.3 is 4.74 Å². The Morgan fingerprint density at radius 1 is 1.47 bits per heavy atom. The van der Waals surface area contributed by atoms with E-state index in [1.54, 1.807) is 0 Å². The van der Waals surface area contributed by atoms with Crippen molar-refractivity contribution in [2.45, 2.75) is 32.8 Å². The highest BCUT2D eigenvalue weighted by Crippen LogP contribution is 2.35. The number of ketones is 1. The lowest BCUT2D eigenvalue weighted by molar-refractivity contribution is 0.0845. The molecular weight excluding hydrogens is 256 g/mol. The smallest absolute Gasteiger partial charge is 0.207 e. The highest BCUT2D eigenvalue weighted by molar-refractivity contribution is 9.10. The number of ether oxygens (including phenoxy) is 1. The van der Waals surface area contributed by atoms with Crippen molar-refractivity contribution in [3.05, 3.63) is 27.7 Å². The average Bonchev–Trinajstić information content (AvgIpc) is 2.47.